The van der Waals surface area contributed by atoms with E-state index in [0.717, 1.165) is 29.6 Å². The molecule has 0 aromatic heterocycles. The van der Waals surface area contributed by atoms with Crippen LogP contribution in [0, 0.1) is 5.92 Å². The van der Waals surface area contributed by atoms with Crippen LogP contribution < -0.4 is 0 Å². The van der Waals surface area contributed by atoms with E-state index in [4.69, 9.17) is 4.74 Å². The number of rotatable bonds is 6. The Morgan fingerprint density at radius 1 is 1.37 bits per heavy atom. The molecular formula is C15H29N2OS+. The molecule has 3 unspecified atom stereocenters. The lowest BCUT2D eigenvalue weighted by molar-refractivity contribution is -0.876. The Morgan fingerprint density at radius 2 is 2.16 bits per heavy atom. The highest BCUT2D eigenvalue weighted by molar-refractivity contribution is 8.02. The van der Waals surface area contributed by atoms with E-state index in [1.54, 1.807) is 7.11 Å². The number of hydrogen-bond donors (Lipinski definition) is 0. The fourth-order valence-corrected chi connectivity index (χ4v) is 4.60. The Hall–Kier alpha value is -0.0300. The second-order valence-corrected chi connectivity index (χ2v) is 7.16. The minimum atomic E-state index is 0.810. The topological polar surface area (TPSA) is 12.5 Å². The molecule has 0 bridgehead atoms. The van der Waals surface area contributed by atoms with Crippen molar-refractivity contribution in [1.82, 2.24) is 4.90 Å². The fraction of sp³-hybridized carbons (Fsp3) is 0.867. The van der Waals surface area contributed by atoms with Gasteiger partial charge in [0.05, 0.1) is 19.7 Å². The Bertz CT molecular complexity index is 311. The average molecular weight is 285 g/mol. The molecule has 1 heterocycles. The normalized spacial score (nSPS) is 35.2. The lowest BCUT2D eigenvalue weighted by Gasteiger charge is -2.43. The zero-order valence-electron chi connectivity index (χ0n) is 12.7. The van der Waals surface area contributed by atoms with E-state index in [0.29, 0.717) is 0 Å². The van der Waals surface area contributed by atoms with Crippen molar-refractivity contribution in [1.29, 1.82) is 0 Å². The third-order valence-electron chi connectivity index (χ3n) is 4.70. The number of thioether (sulfide) groups is 1. The van der Waals surface area contributed by atoms with Crippen molar-refractivity contribution < 1.29 is 9.22 Å². The van der Waals surface area contributed by atoms with Gasteiger partial charge in [0.1, 0.15) is 12.1 Å². The van der Waals surface area contributed by atoms with Gasteiger partial charge < -0.3 is 9.64 Å². The Balaban J connectivity index is 1.94. The highest BCUT2D eigenvalue weighted by Gasteiger charge is 2.40. The standard InChI is InChI=1S/C15H29N2OS/c1-16(8-10-18-3)12-14-6-4-5-7-15(14)17(2)9-11-19-13-17/h9,11,14-15H,4-8,10,12-13H2,1-3H3/q+1. The first kappa shape index (κ1) is 15.4. The molecule has 1 saturated carbocycles. The SMILES string of the molecule is COCCN(C)CC1CCCCC1[N+]1(C)C=CSC1. The van der Waals surface area contributed by atoms with Crippen molar-refractivity contribution in [2.24, 2.45) is 5.92 Å². The van der Waals surface area contributed by atoms with E-state index in [-0.39, 0.29) is 0 Å². The van der Waals surface area contributed by atoms with Crippen LogP contribution in [-0.4, -0.2) is 62.2 Å². The lowest BCUT2D eigenvalue weighted by atomic mass is 9.82. The molecule has 1 aliphatic carbocycles. The van der Waals surface area contributed by atoms with Gasteiger partial charge in [0.25, 0.3) is 0 Å². The lowest BCUT2D eigenvalue weighted by Crippen LogP contribution is -2.53. The maximum absolute atomic E-state index is 5.19. The van der Waals surface area contributed by atoms with Crippen molar-refractivity contribution in [3.05, 3.63) is 11.6 Å². The first-order valence-electron chi connectivity index (χ1n) is 7.47. The van der Waals surface area contributed by atoms with E-state index < -0.39 is 0 Å². The van der Waals surface area contributed by atoms with Gasteiger partial charge in [-0.1, -0.05) is 18.2 Å². The molecule has 2 aliphatic rings. The largest absolute Gasteiger partial charge is 0.383 e. The summed E-state index contributed by atoms with van der Waals surface area (Å²) in [6.45, 7) is 3.12. The third-order valence-corrected chi connectivity index (χ3v) is 5.72. The van der Waals surface area contributed by atoms with E-state index in [1.165, 1.54) is 38.1 Å². The predicted octanol–water partition coefficient (Wildman–Crippen LogP) is 2.75. The molecule has 1 aliphatic heterocycles. The van der Waals surface area contributed by atoms with Crippen LogP contribution in [0.15, 0.2) is 11.6 Å². The maximum Gasteiger partial charge on any atom is 0.134 e. The predicted molar refractivity (Wildman–Crippen MR) is 82.9 cm³/mol. The Kier molecular flexibility index (Phi) is 5.75. The molecule has 0 aromatic carbocycles. The minimum absolute atomic E-state index is 0.810. The van der Waals surface area contributed by atoms with Gasteiger partial charge in [-0.15, -0.1) is 0 Å². The molecule has 0 amide bonds. The number of methoxy groups -OCH3 is 1. The van der Waals surface area contributed by atoms with Crippen LogP contribution in [-0.2, 0) is 4.74 Å². The van der Waals surface area contributed by atoms with E-state index in [2.05, 4.69) is 30.6 Å². The van der Waals surface area contributed by atoms with Crippen molar-refractivity contribution in [2.75, 3.05) is 46.8 Å². The summed E-state index contributed by atoms with van der Waals surface area (Å²) in [6, 6.07) is 0.810. The summed E-state index contributed by atoms with van der Waals surface area (Å²) in [5.41, 5.74) is 0. The molecule has 110 valence electrons. The van der Waals surface area contributed by atoms with E-state index >= 15 is 0 Å². The number of hydrogen-bond acceptors (Lipinski definition) is 3. The molecular weight excluding hydrogens is 256 g/mol. The third kappa shape index (κ3) is 3.97. The molecule has 0 N–H and O–H groups in total. The summed E-state index contributed by atoms with van der Waals surface area (Å²) in [5, 5.41) is 2.29. The maximum atomic E-state index is 5.19. The second kappa shape index (κ2) is 7.11. The van der Waals surface area contributed by atoms with Gasteiger partial charge in [-0.2, -0.15) is 0 Å². The van der Waals surface area contributed by atoms with Gasteiger partial charge in [0.2, 0.25) is 0 Å². The van der Waals surface area contributed by atoms with Crippen LogP contribution in [0.5, 0.6) is 0 Å². The van der Waals surface area contributed by atoms with Crippen LogP contribution in [0.1, 0.15) is 25.7 Å². The molecule has 0 spiro atoms. The van der Waals surface area contributed by atoms with Gasteiger partial charge in [-0.3, -0.25) is 4.48 Å². The van der Waals surface area contributed by atoms with Crippen LogP contribution >= 0.6 is 11.8 Å². The molecule has 0 radical (unpaired) electrons. The van der Waals surface area contributed by atoms with Crippen LogP contribution in [0.2, 0.25) is 0 Å². The number of ether oxygens (including phenoxy) is 1. The monoisotopic (exact) mass is 285 g/mol. The van der Waals surface area contributed by atoms with Crippen molar-refractivity contribution in [2.45, 2.75) is 31.7 Å². The Morgan fingerprint density at radius 3 is 2.84 bits per heavy atom. The minimum Gasteiger partial charge on any atom is -0.383 e. The summed E-state index contributed by atoms with van der Waals surface area (Å²) in [7, 11) is 6.43. The summed E-state index contributed by atoms with van der Waals surface area (Å²) < 4.78 is 6.33. The highest BCUT2D eigenvalue weighted by atomic mass is 32.2. The van der Waals surface area contributed by atoms with Crippen molar-refractivity contribution in [3.8, 4) is 0 Å². The van der Waals surface area contributed by atoms with Crippen LogP contribution in [0.4, 0.5) is 0 Å². The number of quaternary nitrogens is 1. The van der Waals surface area contributed by atoms with E-state index in [1.807, 2.05) is 11.8 Å². The smallest absolute Gasteiger partial charge is 0.134 e. The number of nitrogens with zero attached hydrogens (tertiary/aromatic N) is 2. The molecule has 19 heavy (non-hydrogen) atoms. The van der Waals surface area contributed by atoms with Crippen LogP contribution in [0.25, 0.3) is 0 Å². The summed E-state index contributed by atoms with van der Waals surface area (Å²) in [5.74, 6) is 2.06. The molecule has 2 rings (SSSR count). The molecule has 0 saturated heterocycles. The Labute approximate surface area is 122 Å². The second-order valence-electron chi connectivity index (χ2n) is 6.29. The summed E-state index contributed by atoms with van der Waals surface area (Å²) in [6.07, 6.45) is 8.03. The molecule has 4 heteroatoms. The van der Waals surface area contributed by atoms with Crippen molar-refractivity contribution in [3.63, 3.8) is 0 Å². The van der Waals surface area contributed by atoms with E-state index in [9.17, 15) is 0 Å². The first-order valence-corrected chi connectivity index (χ1v) is 8.52. The van der Waals surface area contributed by atoms with Gasteiger partial charge in [0, 0.05) is 37.9 Å². The summed E-state index contributed by atoms with van der Waals surface area (Å²) in [4.78, 5) is 2.45. The van der Waals surface area contributed by atoms with Gasteiger partial charge >= 0.3 is 0 Å². The number of likely N-dealkylation sites (N-methyl/N-ethyl adjacent to an activating group) is 1. The first-order chi connectivity index (χ1) is 9.15. The molecule has 0 aromatic rings. The molecule has 3 atom stereocenters. The average Bonchev–Trinajstić information content (AvgIpc) is 2.85. The van der Waals surface area contributed by atoms with Crippen LogP contribution in [0.3, 0.4) is 0 Å². The quantitative estimate of drug-likeness (QED) is 0.696. The van der Waals surface area contributed by atoms with Crippen molar-refractivity contribution >= 4 is 11.8 Å². The van der Waals surface area contributed by atoms with Gasteiger partial charge in [-0.25, -0.2) is 0 Å². The molecule has 3 nitrogen and oxygen atoms in total. The molecule has 1 fully saturated rings. The fourth-order valence-electron chi connectivity index (χ4n) is 3.55. The zero-order valence-corrected chi connectivity index (χ0v) is 13.5. The highest BCUT2D eigenvalue weighted by Crippen LogP contribution is 2.37. The summed E-state index contributed by atoms with van der Waals surface area (Å²) >= 11 is 1.97. The van der Waals surface area contributed by atoms with Gasteiger partial charge in [-0.05, 0) is 19.9 Å². The van der Waals surface area contributed by atoms with Gasteiger partial charge in [0.15, 0.2) is 0 Å². The zero-order chi connectivity index (χ0) is 13.7.